The molecule has 0 aromatic carbocycles. The number of hydrogen-bond acceptors (Lipinski definition) is 6. The van der Waals surface area contributed by atoms with Crippen LogP contribution in [-0.2, 0) is 16.6 Å². The average molecular weight is 319 g/mol. The van der Waals surface area contributed by atoms with Crippen LogP contribution in [0.15, 0.2) is 17.3 Å². The number of nitrogens with two attached hydrogens (primary N) is 1. The lowest BCUT2D eigenvalue weighted by Crippen LogP contribution is -2.39. The predicted octanol–water partition coefficient (Wildman–Crippen LogP) is -0.831. The van der Waals surface area contributed by atoms with Crippen molar-refractivity contribution in [3.8, 4) is 0 Å². The van der Waals surface area contributed by atoms with Crippen LogP contribution in [0.4, 0.5) is 0 Å². The van der Waals surface area contributed by atoms with E-state index in [9.17, 15) is 8.42 Å². The van der Waals surface area contributed by atoms with Gasteiger partial charge < -0.3 is 10.6 Å². The summed E-state index contributed by atoms with van der Waals surface area (Å²) >= 11 is 1.94. The zero-order valence-electron chi connectivity index (χ0n) is 11.4. The van der Waals surface area contributed by atoms with Crippen LogP contribution >= 0.6 is 11.8 Å². The number of rotatable bonds is 7. The minimum absolute atomic E-state index is 0.195. The average Bonchev–Trinajstić information content (AvgIpc) is 2.90. The van der Waals surface area contributed by atoms with Crippen molar-refractivity contribution in [2.45, 2.75) is 11.4 Å². The summed E-state index contributed by atoms with van der Waals surface area (Å²) in [5.74, 6) is 2.25. The number of nitrogens with one attached hydrogen (secondary N) is 1. The van der Waals surface area contributed by atoms with Crippen LogP contribution in [0.1, 0.15) is 0 Å². The maximum absolute atomic E-state index is 12.1. The largest absolute Gasteiger partial charge is 0.329 e. The number of hydrogen-bond donors (Lipinski definition) is 2. The van der Waals surface area contributed by atoms with E-state index in [0.29, 0.717) is 19.6 Å². The molecule has 2 rings (SSSR count). The molecule has 7 nitrogen and oxygen atoms in total. The van der Waals surface area contributed by atoms with E-state index in [4.69, 9.17) is 5.73 Å². The van der Waals surface area contributed by atoms with E-state index < -0.39 is 10.0 Å². The fraction of sp³-hybridized carbons (Fsp3) is 0.727. The highest BCUT2D eigenvalue weighted by molar-refractivity contribution is 7.99. The van der Waals surface area contributed by atoms with Crippen LogP contribution in [0.5, 0.6) is 0 Å². The van der Waals surface area contributed by atoms with Gasteiger partial charge in [0.2, 0.25) is 10.0 Å². The molecule has 0 radical (unpaired) electrons. The highest BCUT2D eigenvalue weighted by atomic mass is 32.2. The smallest absolute Gasteiger partial charge is 0.243 e. The van der Waals surface area contributed by atoms with E-state index in [2.05, 4.69) is 14.7 Å². The molecule has 1 aromatic heterocycles. The molecule has 0 unspecified atom stereocenters. The third-order valence-corrected chi connectivity index (χ3v) is 5.46. The Morgan fingerprint density at radius 2 is 2.10 bits per heavy atom. The Kier molecular flexibility index (Phi) is 5.85. The Balaban J connectivity index is 1.83. The van der Waals surface area contributed by atoms with Gasteiger partial charge in [-0.3, -0.25) is 4.68 Å². The van der Waals surface area contributed by atoms with Crippen molar-refractivity contribution in [3.05, 3.63) is 12.4 Å². The number of nitrogens with zero attached hydrogens (tertiary/aromatic N) is 3. The zero-order chi connectivity index (χ0) is 14.4. The van der Waals surface area contributed by atoms with Crippen molar-refractivity contribution < 1.29 is 8.42 Å². The quantitative estimate of drug-likeness (QED) is 0.681. The van der Waals surface area contributed by atoms with Crippen molar-refractivity contribution >= 4 is 21.8 Å². The number of sulfonamides is 1. The molecular formula is C11H21N5O2S2. The normalized spacial score (nSPS) is 17.4. The first-order valence-corrected chi connectivity index (χ1v) is 9.28. The fourth-order valence-electron chi connectivity index (χ4n) is 1.98. The molecule has 114 valence electrons. The Morgan fingerprint density at radius 3 is 2.80 bits per heavy atom. The van der Waals surface area contributed by atoms with Crippen LogP contribution in [0, 0.1) is 0 Å². The molecule has 1 aliphatic rings. The van der Waals surface area contributed by atoms with Gasteiger partial charge in [0.1, 0.15) is 4.90 Å². The Bertz CT molecular complexity index is 511. The minimum Gasteiger partial charge on any atom is -0.329 e. The monoisotopic (exact) mass is 319 g/mol. The van der Waals surface area contributed by atoms with Crippen LogP contribution in [0.25, 0.3) is 0 Å². The maximum Gasteiger partial charge on any atom is 0.243 e. The zero-order valence-corrected chi connectivity index (χ0v) is 13.0. The highest BCUT2D eigenvalue weighted by Crippen LogP contribution is 2.09. The van der Waals surface area contributed by atoms with Crippen molar-refractivity contribution in [2.24, 2.45) is 5.73 Å². The fourth-order valence-corrected chi connectivity index (χ4v) is 3.94. The van der Waals surface area contributed by atoms with Gasteiger partial charge in [0, 0.05) is 50.4 Å². The highest BCUT2D eigenvalue weighted by Gasteiger charge is 2.17. The summed E-state index contributed by atoms with van der Waals surface area (Å²) in [6.07, 6.45) is 2.86. The van der Waals surface area contributed by atoms with Crippen molar-refractivity contribution in [2.75, 3.05) is 44.2 Å². The molecule has 2 heterocycles. The summed E-state index contributed by atoms with van der Waals surface area (Å²) in [6.45, 7) is 4.18. The van der Waals surface area contributed by atoms with Gasteiger partial charge in [0.15, 0.2) is 0 Å². The molecule has 1 aromatic rings. The summed E-state index contributed by atoms with van der Waals surface area (Å²) in [5.41, 5.74) is 5.41. The van der Waals surface area contributed by atoms with Gasteiger partial charge in [-0.2, -0.15) is 16.9 Å². The van der Waals surface area contributed by atoms with Gasteiger partial charge >= 0.3 is 0 Å². The van der Waals surface area contributed by atoms with E-state index in [1.165, 1.54) is 17.1 Å². The lowest BCUT2D eigenvalue weighted by molar-refractivity contribution is 0.307. The molecule has 0 spiro atoms. The first-order chi connectivity index (χ1) is 9.62. The van der Waals surface area contributed by atoms with Crippen molar-refractivity contribution in [1.29, 1.82) is 0 Å². The first-order valence-electron chi connectivity index (χ1n) is 6.64. The van der Waals surface area contributed by atoms with E-state index in [0.717, 1.165) is 31.1 Å². The molecule has 1 fully saturated rings. The summed E-state index contributed by atoms with van der Waals surface area (Å²) < 4.78 is 28.3. The molecule has 3 N–H and O–H groups in total. The Morgan fingerprint density at radius 1 is 1.35 bits per heavy atom. The molecule has 0 aliphatic carbocycles. The van der Waals surface area contributed by atoms with Gasteiger partial charge in [0.25, 0.3) is 0 Å². The molecule has 1 saturated heterocycles. The second kappa shape index (κ2) is 7.41. The van der Waals surface area contributed by atoms with E-state index in [-0.39, 0.29) is 4.90 Å². The number of aromatic nitrogens is 2. The second-order valence-corrected chi connectivity index (χ2v) is 7.57. The van der Waals surface area contributed by atoms with Crippen molar-refractivity contribution in [1.82, 2.24) is 19.4 Å². The molecule has 0 saturated carbocycles. The lowest BCUT2D eigenvalue weighted by Gasteiger charge is -2.25. The first kappa shape index (κ1) is 15.8. The standard InChI is InChI=1S/C11H21N5O2S2/c12-1-3-16-10-11(9-13-16)20(17,18)14-2-4-15-5-7-19-8-6-15/h9-10,14H,1-8,12H2. The molecule has 20 heavy (non-hydrogen) atoms. The Labute approximate surface area is 123 Å². The topological polar surface area (TPSA) is 93.2 Å². The van der Waals surface area contributed by atoms with Crippen LogP contribution in [-0.4, -0.2) is 67.3 Å². The van der Waals surface area contributed by atoms with E-state index in [1.54, 1.807) is 0 Å². The molecule has 0 amide bonds. The van der Waals surface area contributed by atoms with Gasteiger partial charge in [-0.05, 0) is 0 Å². The van der Waals surface area contributed by atoms with Crippen LogP contribution < -0.4 is 10.5 Å². The third-order valence-electron chi connectivity index (χ3n) is 3.10. The van der Waals surface area contributed by atoms with Crippen LogP contribution in [0.3, 0.4) is 0 Å². The molecule has 9 heteroatoms. The molecule has 0 bridgehead atoms. The maximum atomic E-state index is 12.1. The van der Waals surface area contributed by atoms with Gasteiger partial charge in [0.05, 0.1) is 12.7 Å². The molecule has 1 aliphatic heterocycles. The van der Waals surface area contributed by atoms with Crippen molar-refractivity contribution in [3.63, 3.8) is 0 Å². The number of thioether (sulfide) groups is 1. The molecular weight excluding hydrogens is 298 g/mol. The summed E-state index contributed by atoms with van der Waals surface area (Å²) in [5, 5.41) is 3.97. The van der Waals surface area contributed by atoms with Gasteiger partial charge in [-0.1, -0.05) is 0 Å². The predicted molar refractivity (Wildman–Crippen MR) is 80.2 cm³/mol. The Hall–Kier alpha value is -0.610. The SMILES string of the molecule is NCCn1cc(S(=O)(=O)NCCN2CCSCC2)cn1. The summed E-state index contributed by atoms with van der Waals surface area (Å²) in [7, 11) is -3.46. The third kappa shape index (κ3) is 4.45. The van der Waals surface area contributed by atoms with Crippen LogP contribution in [0.2, 0.25) is 0 Å². The second-order valence-electron chi connectivity index (χ2n) is 4.58. The minimum atomic E-state index is -3.46. The summed E-state index contributed by atoms with van der Waals surface area (Å²) in [4.78, 5) is 2.47. The van der Waals surface area contributed by atoms with Gasteiger partial charge in [-0.25, -0.2) is 13.1 Å². The lowest BCUT2D eigenvalue weighted by atomic mass is 10.5. The summed E-state index contributed by atoms with van der Waals surface area (Å²) in [6, 6.07) is 0. The molecule has 0 atom stereocenters. The van der Waals surface area contributed by atoms with Gasteiger partial charge in [-0.15, -0.1) is 0 Å². The van der Waals surface area contributed by atoms with E-state index >= 15 is 0 Å². The van der Waals surface area contributed by atoms with E-state index in [1.807, 2.05) is 11.8 Å².